The van der Waals surface area contributed by atoms with E-state index in [1.54, 1.807) is 0 Å². The molecule has 0 aromatic carbocycles. The van der Waals surface area contributed by atoms with Gasteiger partial charge in [-0.1, -0.05) is 0 Å². The smallest absolute Gasteiger partial charge is 0.227 e. The third kappa shape index (κ3) is 2.92. The molecule has 0 aliphatic carbocycles. The molecule has 0 saturated heterocycles. The summed E-state index contributed by atoms with van der Waals surface area (Å²) in [4.78, 5) is 10.9. The number of carbonyl (C=O) groups is 1. The molecule has 0 spiro atoms. The van der Waals surface area contributed by atoms with Gasteiger partial charge >= 0.3 is 0 Å². The first kappa shape index (κ1) is 9.70. The summed E-state index contributed by atoms with van der Waals surface area (Å²) in [6.07, 6.45) is 0.148. The lowest BCUT2D eigenvalue weighted by Crippen LogP contribution is -2.11. The maximum atomic E-state index is 10.9. The molecular formula is C7H8BrNO2S. The number of hydrogen-bond donors (Lipinski definition) is 2. The van der Waals surface area contributed by atoms with Gasteiger partial charge in [-0.05, 0) is 28.1 Å². The van der Waals surface area contributed by atoms with Gasteiger partial charge in [0.1, 0.15) is 0 Å². The number of thiophene rings is 1. The minimum Gasteiger partial charge on any atom is -0.396 e. The molecule has 0 atom stereocenters. The van der Waals surface area contributed by atoms with Gasteiger partial charge in [-0.3, -0.25) is 4.79 Å². The SMILES string of the molecule is O=C(CCO)Nc1ccc(Br)s1. The number of rotatable bonds is 3. The summed E-state index contributed by atoms with van der Waals surface area (Å²) in [6, 6.07) is 3.67. The van der Waals surface area contributed by atoms with Crippen LogP contribution in [0.15, 0.2) is 15.9 Å². The molecule has 0 radical (unpaired) electrons. The van der Waals surface area contributed by atoms with Gasteiger partial charge in [-0.2, -0.15) is 0 Å². The molecule has 0 unspecified atom stereocenters. The highest BCUT2D eigenvalue weighted by atomic mass is 79.9. The van der Waals surface area contributed by atoms with E-state index in [0.717, 1.165) is 8.79 Å². The van der Waals surface area contributed by atoms with E-state index in [2.05, 4.69) is 21.2 Å². The molecule has 0 aliphatic rings. The first-order valence-corrected chi connectivity index (χ1v) is 4.99. The van der Waals surface area contributed by atoms with Crippen LogP contribution >= 0.6 is 27.3 Å². The number of anilines is 1. The lowest BCUT2D eigenvalue weighted by atomic mass is 10.4. The molecule has 2 N–H and O–H groups in total. The zero-order valence-electron chi connectivity index (χ0n) is 6.21. The fourth-order valence-electron chi connectivity index (χ4n) is 0.683. The molecule has 1 heterocycles. The third-order valence-corrected chi connectivity index (χ3v) is 2.71. The molecule has 0 fully saturated rings. The molecular weight excluding hydrogens is 242 g/mol. The standard InChI is InChI=1S/C7H8BrNO2S/c8-5-1-2-7(12-5)9-6(11)3-4-10/h1-2,10H,3-4H2,(H,9,11). The lowest BCUT2D eigenvalue weighted by Gasteiger charge is -1.98. The van der Waals surface area contributed by atoms with Crippen molar-refractivity contribution in [3.8, 4) is 0 Å². The minimum absolute atomic E-state index is 0.113. The number of nitrogens with one attached hydrogen (secondary N) is 1. The molecule has 1 aromatic heterocycles. The summed E-state index contributed by atoms with van der Waals surface area (Å²) in [5.74, 6) is -0.160. The van der Waals surface area contributed by atoms with Crippen molar-refractivity contribution in [1.82, 2.24) is 0 Å². The maximum absolute atomic E-state index is 10.9. The molecule has 0 aliphatic heterocycles. The largest absolute Gasteiger partial charge is 0.396 e. The molecule has 1 amide bonds. The van der Waals surface area contributed by atoms with Gasteiger partial charge in [0.05, 0.1) is 21.8 Å². The average Bonchev–Trinajstić information content (AvgIpc) is 2.36. The fourth-order valence-corrected chi connectivity index (χ4v) is 1.99. The van der Waals surface area contributed by atoms with E-state index in [1.165, 1.54) is 11.3 Å². The van der Waals surface area contributed by atoms with Crippen molar-refractivity contribution in [3.05, 3.63) is 15.9 Å². The van der Waals surface area contributed by atoms with Crippen LogP contribution in [0.1, 0.15) is 6.42 Å². The monoisotopic (exact) mass is 249 g/mol. The van der Waals surface area contributed by atoms with Crippen LogP contribution in [0, 0.1) is 0 Å². The highest BCUT2D eigenvalue weighted by Crippen LogP contribution is 2.26. The quantitative estimate of drug-likeness (QED) is 0.859. The van der Waals surface area contributed by atoms with E-state index in [9.17, 15) is 4.79 Å². The highest BCUT2D eigenvalue weighted by molar-refractivity contribution is 9.11. The summed E-state index contributed by atoms with van der Waals surface area (Å²) in [5.41, 5.74) is 0. The normalized spacial score (nSPS) is 9.83. The van der Waals surface area contributed by atoms with Crippen molar-refractivity contribution in [2.45, 2.75) is 6.42 Å². The van der Waals surface area contributed by atoms with Crippen LogP contribution in [-0.2, 0) is 4.79 Å². The Morgan fingerprint density at radius 1 is 1.67 bits per heavy atom. The van der Waals surface area contributed by atoms with Crippen molar-refractivity contribution in [3.63, 3.8) is 0 Å². The number of hydrogen-bond acceptors (Lipinski definition) is 3. The Morgan fingerprint density at radius 2 is 2.42 bits per heavy atom. The summed E-state index contributed by atoms with van der Waals surface area (Å²) >= 11 is 4.72. The van der Waals surface area contributed by atoms with Crippen LogP contribution in [0.25, 0.3) is 0 Å². The molecule has 0 saturated carbocycles. The Hall–Kier alpha value is -0.390. The zero-order valence-corrected chi connectivity index (χ0v) is 8.61. The van der Waals surface area contributed by atoms with Crippen molar-refractivity contribution < 1.29 is 9.90 Å². The van der Waals surface area contributed by atoms with Gasteiger partial charge in [0.15, 0.2) is 0 Å². The highest BCUT2D eigenvalue weighted by Gasteiger charge is 2.02. The number of aliphatic hydroxyl groups excluding tert-OH is 1. The summed E-state index contributed by atoms with van der Waals surface area (Å²) in [7, 11) is 0. The number of halogens is 1. The van der Waals surface area contributed by atoms with E-state index >= 15 is 0 Å². The Balaban J connectivity index is 2.46. The molecule has 1 aromatic rings. The fraction of sp³-hybridized carbons (Fsp3) is 0.286. The van der Waals surface area contributed by atoms with Gasteiger partial charge in [0.2, 0.25) is 5.91 Å². The average molecular weight is 250 g/mol. The second-order valence-corrected chi connectivity index (χ2v) is 4.59. The second kappa shape index (κ2) is 4.59. The van der Waals surface area contributed by atoms with Crippen LogP contribution in [0.3, 0.4) is 0 Å². The van der Waals surface area contributed by atoms with Gasteiger partial charge in [0.25, 0.3) is 0 Å². The molecule has 3 nitrogen and oxygen atoms in total. The molecule has 1 rings (SSSR count). The molecule has 66 valence electrons. The zero-order chi connectivity index (χ0) is 8.97. The number of carbonyl (C=O) groups excluding carboxylic acids is 1. The van der Waals surface area contributed by atoms with Crippen molar-refractivity contribution in [2.24, 2.45) is 0 Å². The van der Waals surface area contributed by atoms with E-state index in [0.29, 0.717) is 0 Å². The predicted octanol–water partition coefficient (Wildman–Crippen LogP) is 1.83. The number of aliphatic hydroxyl groups is 1. The van der Waals surface area contributed by atoms with Crippen molar-refractivity contribution >= 4 is 38.2 Å². The second-order valence-electron chi connectivity index (χ2n) is 2.13. The van der Waals surface area contributed by atoms with Crippen LogP contribution in [0.4, 0.5) is 5.00 Å². The van der Waals surface area contributed by atoms with E-state index in [-0.39, 0.29) is 18.9 Å². The van der Waals surface area contributed by atoms with Crippen LogP contribution in [0.5, 0.6) is 0 Å². The summed E-state index contributed by atoms with van der Waals surface area (Å²) in [5, 5.41) is 11.9. The maximum Gasteiger partial charge on any atom is 0.227 e. The van der Waals surface area contributed by atoms with E-state index < -0.39 is 0 Å². The van der Waals surface area contributed by atoms with Crippen LogP contribution in [-0.4, -0.2) is 17.6 Å². The Kier molecular flexibility index (Phi) is 3.71. The first-order chi connectivity index (χ1) is 5.72. The van der Waals surface area contributed by atoms with Gasteiger partial charge < -0.3 is 10.4 Å². The first-order valence-electron chi connectivity index (χ1n) is 3.38. The van der Waals surface area contributed by atoms with Crippen molar-refractivity contribution in [2.75, 3.05) is 11.9 Å². The van der Waals surface area contributed by atoms with Gasteiger partial charge in [-0.15, -0.1) is 11.3 Å². The van der Waals surface area contributed by atoms with Crippen LogP contribution < -0.4 is 5.32 Å². The molecule has 5 heteroatoms. The predicted molar refractivity (Wildman–Crippen MR) is 52.4 cm³/mol. The van der Waals surface area contributed by atoms with Gasteiger partial charge in [0, 0.05) is 0 Å². The Morgan fingerprint density at radius 3 is 2.92 bits per heavy atom. The van der Waals surface area contributed by atoms with Crippen LogP contribution in [0.2, 0.25) is 0 Å². The molecule has 0 bridgehead atoms. The Bertz CT molecular complexity index is 274. The number of amides is 1. The third-order valence-electron chi connectivity index (χ3n) is 1.17. The summed E-state index contributed by atoms with van der Waals surface area (Å²) < 4.78 is 0.974. The molecule has 12 heavy (non-hydrogen) atoms. The van der Waals surface area contributed by atoms with Crippen molar-refractivity contribution in [1.29, 1.82) is 0 Å². The minimum atomic E-state index is -0.160. The van der Waals surface area contributed by atoms with E-state index in [1.807, 2.05) is 12.1 Å². The summed E-state index contributed by atoms with van der Waals surface area (Å²) in [6.45, 7) is -0.113. The van der Waals surface area contributed by atoms with E-state index in [4.69, 9.17) is 5.11 Å². The topological polar surface area (TPSA) is 49.3 Å². The lowest BCUT2D eigenvalue weighted by molar-refractivity contribution is -0.116. The van der Waals surface area contributed by atoms with Gasteiger partial charge in [-0.25, -0.2) is 0 Å². The Labute approximate surface area is 82.5 Å².